The SMILES string of the molecule is N#Cc1c(Cl)cccc1OCc1ccsc1C(=O)O. The number of hydrogen-bond acceptors (Lipinski definition) is 4. The number of aromatic carboxylic acids is 1. The van der Waals surface area contributed by atoms with Crippen molar-refractivity contribution < 1.29 is 14.6 Å². The summed E-state index contributed by atoms with van der Waals surface area (Å²) in [6.07, 6.45) is 0. The predicted molar refractivity (Wildman–Crippen MR) is 71.8 cm³/mol. The average Bonchev–Trinajstić information content (AvgIpc) is 2.84. The maximum absolute atomic E-state index is 11.0. The van der Waals surface area contributed by atoms with E-state index in [1.54, 1.807) is 29.6 Å². The van der Waals surface area contributed by atoms with Crippen molar-refractivity contribution in [1.82, 2.24) is 0 Å². The molecule has 1 aromatic heterocycles. The minimum Gasteiger partial charge on any atom is -0.487 e. The first-order valence-electron chi connectivity index (χ1n) is 5.24. The van der Waals surface area contributed by atoms with Gasteiger partial charge < -0.3 is 9.84 Å². The van der Waals surface area contributed by atoms with E-state index >= 15 is 0 Å². The number of nitriles is 1. The number of benzene rings is 1. The van der Waals surface area contributed by atoms with E-state index in [1.165, 1.54) is 0 Å². The number of nitrogens with zero attached hydrogens (tertiary/aromatic N) is 1. The van der Waals surface area contributed by atoms with Crippen LogP contribution in [0.4, 0.5) is 0 Å². The van der Waals surface area contributed by atoms with Gasteiger partial charge in [-0.1, -0.05) is 17.7 Å². The van der Waals surface area contributed by atoms with Crippen LogP contribution in [0.5, 0.6) is 5.75 Å². The number of rotatable bonds is 4. The Bertz CT molecular complexity index is 660. The molecule has 4 nitrogen and oxygen atoms in total. The van der Waals surface area contributed by atoms with Crippen molar-refractivity contribution in [3.05, 3.63) is 50.7 Å². The third kappa shape index (κ3) is 2.87. The van der Waals surface area contributed by atoms with Gasteiger partial charge in [-0.05, 0) is 23.6 Å². The van der Waals surface area contributed by atoms with Crippen molar-refractivity contribution in [2.75, 3.05) is 0 Å². The number of thiophene rings is 1. The van der Waals surface area contributed by atoms with Gasteiger partial charge in [0, 0.05) is 5.56 Å². The number of ether oxygens (including phenoxy) is 1. The summed E-state index contributed by atoms with van der Waals surface area (Å²) in [6.45, 7) is 0.0835. The van der Waals surface area contributed by atoms with Gasteiger partial charge >= 0.3 is 5.97 Å². The van der Waals surface area contributed by atoms with Crippen LogP contribution in [0, 0.1) is 11.3 Å². The molecular weight excluding hydrogens is 286 g/mol. The summed E-state index contributed by atoms with van der Waals surface area (Å²) in [5.41, 5.74) is 0.817. The summed E-state index contributed by atoms with van der Waals surface area (Å²) in [5.74, 6) is -0.641. The molecule has 1 heterocycles. The Balaban J connectivity index is 2.20. The van der Waals surface area contributed by atoms with Crippen molar-refractivity contribution in [2.24, 2.45) is 0 Å². The zero-order chi connectivity index (χ0) is 13.8. The van der Waals surface area contributed by atoms with Crippen LogP contribution < -0.4 is 4.74 Å². The lowest BCUT2D eigenvalue weighted by atomic mass is 10.2. The summed E-state index contributed by atoms with van der Waals surface area (Å²) in [6, 6.07) is 8.54. The zero-order valence-electron chi connectivity index (χ0n) is 9.59. The number of hydrogen-bond donors (Lipinski definition) is 1. The van der Waals surface area contributed by atoms with Crippen LogP contribution in [-0.2, 0) is 6.61 Å². The Morgan fingerprint density at radius 2 is 2.26 bits per heavy atom. The Kier molecular flexibility index (Phi) is 4.05. The lowest BCUT2D eigenvalue weighted by molar-refractivity contribution is 0.0699. The molecule has 2 rings (SSSR count). The molecule has 0 unspecified atom stereocenters. The first kappa shape index (κ1) is 13.4. The summed E-state index contributed by atoms with van der Waals surface area (Å²) >= 11 is 7.01. The van der Waals surface area contributed by atoms with Gasteiger partial charge in [0.1, 0.15) is 28.9 Å². The molecular formula is C13H8ClNO3S. The van der Waals surface area contributed by atoms with Gasteiger partial charge in [0.15, 0.2) is 0 Å². The topological polar surface area (TPSA) is 70.3 Å². The van der Waals surface area contributed by atoms with Crippen LogP contribution in [0.1, 0.15) is 20.8 Å². The summed E-state index contributed by atoms with van der Waals surface area (Å²) in [7, 11) is 0. The van der Waals surface area contributed by atoms with E-state index in [2.05, 4.69) is 0 Å². The standard InChI is InChI=1S/C13H8ClNO3S/c14-10-2-1-3-11(9(10)6-15)18-7-8-4-5-19-12(8)13(16)17/h1-5H,7H2,(H,16,17). The smallest absolute Gasteiger partial charge is 0.346 e. The van der Waals surface area contributed by atoms with E-state index in [1.807, 2.05) is 6.07 Å². The van der Waals surface area contributed by atoms with Crippen molar-refractivity contribution >= 4 is 28.9 Å². The van der Waals surface area contributed by atoms with Crippen LogP contribution in [0.25, 0.3) is 0 Å². The second kappa shape index (κ2) is 5.74. The molecule has 2 aromatic rings. The predicted octanol–water partition coefficient (Wildman–Crippen LogP) is 3.55. The minimum absolute atomic E-state index is 0.0835. The first-order chi connectivity index (χ1) is 9.13. The largest absolute Gasteiger partial charge is 0.487 e. The molecule has 1 N–H and O–H groups in total. The van der Waals surface area contributed by atoms with Gasteiger partial charge in [-0.15, -0.1) is 11.3 Å². The molecule has 0 aliphatic rings. The highest BCUT2D eigenvalue weighted by molar-refractivity contribution is 7.12. The lowest BCUT2D eigenvalue weighted by Gasteiger charge is -2.08. The van der Waals surface area contributed by atoms with Gasteiger partial charge in [-0.2, -0.15) is 5.26 Å². The molecule has 96 valence electrons. The molecule has 0 bridgehead atoms. The van der Waals surface area contributed by atoms with E-state index < -0.39 is 5.97 Å². The molecule has 0 saturated carbocycles. The number of carboxylic acid groups (broad SMARTS) is 1. The van der Waals surface area contributed by atoms with Gasteiger partial charge in [0.25, 0.3) is 0 Å². The molecule has 6 heteroatoms. The highest BCUT2D eigenvalue weighted by atomic mass is 35.5. The van der Waals surface area contributed by atoms with Crippen molar-refractivity contribution in [2.45, 2.75) is 6.61 Å². The summed E-state index contributed by atoms with van der Waals surface area (Å²) in [4.78, 5) is 11.2. The molecule has 1 aromatic carbocycles. The molecule has 0 saturated heterocycles. The van der Waals surface area contributed by atoms with Crippen LogP contribution in [0.2, 0.25) is 5.02 Å². The van der Waals surface area contributed by atoms with E-state index in [-0.39, 0.29) is 17.0 Å². The van der Waals surface area contributed by atoms with Crippen LogP contribution in [0.3, 0.4) is 0 Å². The highest BCUT2D eigenvalue weighted by Gasteiger charge is 2.13. The van der Waals surface area contributed by atoms with Crippen molar-refractivity contribution in [1.29, 1.82) is 5.26 Å². The average molecular weight is 294 g/mol. The first-order valence-corrected chi connectivity index (χ1v) is 6.50. The maximum Gasteiger partial charge on any atom is 0.346 e. The fourth-order valence-corrected chi connectivity index (χ4v) is 2.48. The molecule has 0 aliphatic heterocycles. The quantitative estimate of drug-likeness (QED) is 0.936. The van der Waals surface area contributed by atoms with Crippen LogP contribution in [0.15, 0.2) is 29.6 Å². The number of halogens is 1. The van der Waals surface area contributed by atoms with Crippen LogP contribution in [-0.4, -0.2) is 11.1 Å². The summed E-state index contributed by atoms with van der Waals surface area (Å²) < 4.78 is 5.48. The Morgan fingerprint density at radius 1 is 1.47 bits per heavy atom. The Hall–Kier alpha value is -2.03. The van der Waals surface area contributed by atoms with E-state index in [4.69, 9.17) is 26.7 Å². The van der Waals surface area contributed by atoms with Gasteiger partial charge in [-0.3, -0.25) is 0 Å². The van der Waals surface area contributed by atoms with Gasteiger partial charge in [0.05, 0.1) is 5.02 Å². The van der Waals surface area contributed by atoms with Crippen LogP contribution >= 0.6 is 22.9 Å². The maximum atomic E-state index is 11.0. The number of carboxylic acids is 1. The van der Waals surface area contributed by atoms with E-state index in [0.717, 1.165) is 11.3 Å². The molecule has 0 amide bonds. The zero-order valence-corrected chi connectivity index (χ0v) is 11.2. The second-order valence-electron chi connectivity index (χ2n) is 3.59. The second-order valence-corrected chi connectivity index (χ2v) is 4.92. The van der Waals surface area contributed by atoms with Gasteiger partial charge in [-0.25, -0.2) is 4.79 Å². The highest BCUT2D eigenvalue weighted by Crippen LogP contribution is 2.27. The Morgan fingerprint density at radius 3 is 2.95 bits per heavy atom. The molecule has 0 radical (unpaired) electrons. The molecule has 0 spiro atoms. The van der Waals surface area contributed by atoms with Crippen molar-refractivity contribution in [3.8, 4) is 11.8 Å². The Labute approximate surface area is 118 Å². The molecule has 0 atom stereocenters. The lowest BCUT2D eigenvalue weighted by Crippen LogP contribution is -2.02. The molecule has 0 fully saturated rings. The summed E-state index contributed by atoms with van der Waals surface area (Å²) in [5, 5.41) is 20.0. The molecule has 0 aliphatic carbocycles. The normalized spacial score (nSPS) is 9.89. The van der Waals surface area contributed by atoms with Gasteiger partial charge in [0.2, 0.25) is 0 Å². The van der Waals surface area contributed by atoms with E-state index in [9.17, 15) is 4.79 Å². The minimum atomic E-state index is -0.986. The molecule has 19 heavy (non-hydrogen) atoms. The fourth-order valence-electron chi connectivity index (χ4n) is 1.53. The fraction of sp³-hybridized carbons (Fsp3) is 0.0769. The third-order valence-electron chi connectivity index (χ3n) is 2.41. The van der Waals surface area contributed by atoms with E-state index in [0.29, 0.717) is 16.3 Å². The third-order valence-corrected chi connectivity index (χ3v) is 3.67. The van der Waals surface area contributed by atoms with Crippen molar-refractivity contribution in [3.63, 3.8) is 0 Å². The number of carbonyl (C=O) groups is 1. The monoisotopic (exact) mass is 293 g/mol.